The third-order valence-corrected chi connectivity index (χ3v) is 5.84. The van der Waals surface area contributed by atoms with E-state index in [1.807, 2.05) is 54.6 Å². The summed E-state index contributed by atoms with van der Waals surface area (Å²) in [5.41, 5.74) is 8.65. The molecule has 2 aromatic carbocycles. The zero-order valence-corrected chi connectivity index (χ0v) is 19.9. The SMILES string of the molecule is CCOC(=O)C(N)CSCC(=O)NCCCCCC(=O)Nc1cccc(-c2ccccc2)c1. The summed E-state index contributed by atoms with van der Waals surface area (Å²) in [7, 11) is 0. The number of ether oxygens (including phenoxy) is 1. The zero-order chi connectivity index (χ0) is 23.9. The number of nitrogens with two attached hydrogens (primary N) is 1. The van der Waals surface area contributed by atoms with Crippen molar-refractivity contribution in [3.8, 4) is 11.1 Å². The number of nitrogens with one attached hydrogen (secondary N) is 2. The highest BCUT2D eigenvalue weighted by Crippen LogP contribution is 2.22. The molecule has 0 spiro atoms. The number of rotatable bonds is 14. The number of benzene rings is 2. The highest BCUT2D eigenvalue weighted by molar-refractivity contribution is 8.00. The maximum Gasteiger partial charge on any atom is 0.323 e. The highest BCUT2D eigenvalue weighted by Gasteiger charge is 2.15. The van der Waals surface area contributed by atoms with Crippen molar-refractivity contribution in [2.45, 2.75) is 38.6 Å². The van der Waals surface area contributed by atoms with Gasteiger partial charge in [-0.15, -0.1) is 11.8 Å². The Kier molecular flexibility index (Phi) is 12.1. The normalized spacial score (nSPS) is 11.5. The molecule has 2 rings (SSSR count). The first-order chi connectivity index (χ1) is 16.0. The number of hydrogen-bond donors (Lipinski definition) is 3. The largest absolute Gasteiger partial charge is 0.465 e. The van der Waals surface area contributed by atoms with Crippen LogP contribution in [0.3, 0.4) is 0 Å². The van der Waals surface area contributed by atoms with E-state index in [1.54, 1.807) is 6.92 Å². The molecule has 4 N–H and O–H groups in total. The predicted octanol–water partition coefficient (Wildman–Crippen LogP) is 3.59. The molecule has 0 aromatic heterocycles. The van der Waals surface area contributed by atoms with Crippen LogP contribution in [-0.2, 0) is 19.1 Å². The Morgan fingerprint density at radius 2 is 1.73 bits per heavy atom. The van der Waals surface area contributed by atoms with Gasteiger partial charge in [0.15, 0.2) is 0 Å². The number of amides is 2. The van der Waals surface area contributed by atoms with Gasteiger partial charge in [0.1, 0.15) is 6.04 Å². The minimum atomic E-state index is -0.713. The standard InChI is InChI=1S/C25H33N3O4S/c1-2-32-25(31)22(26)17-33-18-24(30)27-15-8-4-7-14-23(29)28-21-13-9-12-20(16-21)19-10-5-3-6-11-19/h3,5-6,9-13,16,22H,2,4,7-8,14-15,17-18,26H2,1H3,(H,27,30)(H,28,29). The summed E-state index contributed by atoms with van der Waals surface area (Å²) in [6, 6.07) is 17.1. The van der Waals surface area contributed by atoms with E-state index in [-0.39, 0.29) is 17.6 Å². The van der Waals surface area contributed by atoms with Gasteiger partial charge < -0.3 is 21.1 Å². The van der Waals surface area contributed by atoms with Crippen LogP contribution in [0.4, 0.5) is 5.69 Å². The lowest BCUT2D eigenvalue weighted by atomic mass is 10.1. The molecule has 0 aliphatic rings. The molecule has 0 aliphatic heterocycles. The van der Waals surface area contributed by atoms with Crippen LogP contribution in [0, 0.1) is 0 Å². The Balaban J connectivity index is 1.55. The molecule has 2 aromatic rings. The molecule has 0 fully saturated rings. The van der Waals surface area contributed by atoms with Crippen molar-refractivity contribution in [3.63, 3.8) is 0 Å². The molecule has 0 radical (unpaired) electrons. The first-order valence-corrected chi connectivity index (χ1v) is 12.4. The monoisotopic (exact) mass is 471 g/mol. The van der Waals surface area contributed by atoms with E-state index in [4.69, 9.17) is 10.5 Å². The van der Waals surface area contributed by atoms with Crippen molar-refractivity contribution in [2.75, 3.05) is 30.0 Å². The van der Waals surface area contributed by atoms with Gasteiger partial charge in [0.2, 0.25) is 11.8 Å². The van der Waals surface area contributed by atoms with Gasteiger partial charge in [0, 0.05) is 24.4 Å². The molecular formula is C25H33N3O4S. The van der Waals surface area contributed by atoms with Crippen molar-refractivity contribution in [3.05, 3.63) is 54.6 Å². The van der Waals surface area contributed by atoms with Crippen molar-refractivity contribution >= 4 is 35.2 Å². The van der Waals surface area contributed by atoms with Crippen LogP contribution in [0.5, 0.6) is 0 Å². The molecule has 2 amide bonds. The first-order valence-electron chi connectivity index (χ1n) is 11.2. The summed E-state index contributed by atoms with van der Waals surface area (Å²) in [6.45, 7) is 2.58. The Hall–Kier alpha value is -2.84. The van der Waals surface area contributed by atoms with Crippen LogP contribution < -0.4 is 16.4 Å². The van der Waals surface area contributed by atoms with Crippen molar-refractivity contribution in [1.29, 1.82) is 0 Å². The van der Waals surface area contributed by atoms with Gasteiger partial charge in [-0.2, -0.15) is 0 Å². The summed E-state index contributed by atoms with van der Waals surface area (Å²) < 4.78 is 4.83. The maximum atomic E-state index is 12.2. The van der Waals surface area contributed by atoms with Gasteiger partial charge in [-0.3, -0.25) is 14.4 Å². The molecule has 0 saturated carbocycles. The predicted molar refractivity (Wildman–Crippen MR) is 134 cm³/mol. The Bertz CT molecular complexity index is 892. The summed E-state index contributed by atoms with van der Waals surface area (Å²) in [4.78, 5) is 35.5. The topological polar surface area (TPSA) is 111 Å². The first kappa shape index (κ1) is 26.4. The molecule has 0 heterocycles. The van der Waals surface area contributed by atoms with Crippen LogP contribution in [0.1, 0.15) is 32.6 Å². The molecule has 0 saturated heterocycles. The molecule has 178 valence electrons. The summed E-state index contributed by atoms with van der Waals surface area (Å²) in [5, 5.41) is 5.80. The Labute approximate surface area is 199 Å². The number of unbranched alkanes of at least 4 members (excludes halogenated alkanes) is 2. The van der Waals surface area contributed by atoms with E-state index in [0.717, 1.165) is 36.1 Å². The third kappa shape index (κ3) is 10.5. The molecule has 0 bridgehead atoms. The summed E-state index contributed by atoms with van der Waals surface area (Å²) in [6.07, 6.45) is 2.84. The van der Waals surface area contributed by atoms with Gasteiger partial charge in [0.25, 0.3) is 0 Å². The Morgan fingerprint density at radius 3 is 2.48 bits per heavy atom. The minimum absolute atomic E-state index is 0.0152. The van der Waals surface area contributed by atoms with E-state index in [1.165, 1.54) is 11.8 Å². The average Bonchev–Trinajstić information content (AvgIpc) is 2.82. The number of thioether (sulfide) groups is 1. The second kappa shape index (κ2) is 15.1. The quantitative estimate of drug-likeness (QED) is 0.287. The number of hydrogen-bond acceptors (Lipinski definition) is 6. The van der Waals surface area contributed by atoms with E-state index in [0.29, 0.717) is 25.3 Å². The van der Waals surface area contributed by atoms with Gasteiger partial charge in [0.05, 0.1) is 12.4 Å². The van der Waals surface area contributed by atoms with Crippen LogP contribution in [-0.4, -0.2) is 48.5 Å². The van der Waals surface area contributed by atoms with Gasteiger partial charge >= 0.3 is 5.97 Å². The number of carbonyl (C=O) groups excluding carboxylic acids is 3. The van der Waals surface area contributed by atoms with Crippen molar-refractivity contribution in [2.24, 2.45) is 5.73 Å². The van der Waals surface area contributed by atoms with E-state index >= 15 is 0 Å². The average molecular weight is 472 g/mol. The number of esters is 1. The van der Waals surface area contributed by atoms with Crippen LogP contribution >= 0.6 is 11.8 Å². The lowest BCUT2D eigenvalue weighted by molar-refractivity contribution is -0.144. The molecule has 1 unspecified atom stereocenters. The van der Waals surface area contributed by atoms with Crippen LogP contribution in [0.2, 0.25) is 0 Å². The molecule has 8 heteroatoms. The van der Waals surface area contributed by atoms with E-state index in [9.17, 15) is 14.4 Å². The summed E-state index contributed by atoms with van der Waals surface area (Å²) in [5.74, 6) is 0.0386. The fourth-order valence-corrected chi connectivity index (χ4v) is 3.89. The second-order valence-corrected chi connectivity index (χ2v) is 8.56. The molecule has 0 aliphatic carbocycles. The minimum Gasteiger partial charge on any atom is -0.465 e. The molecule has 7 nitrogen and oxygen atoms in total. The second-order valence-electron chi connectivity index (χ2n) is 7.53. The van der Waals surface area contributed by atoms with Gasteiger partial charge in [-0.05, 0) is 43.0 Å². The Morgan fingerprint density at radius 1 is 0.970 bits per heavy atom. The van der Waals surface area contributed by atoms with Gasteiger partial charge in [-0.25, -0.2) is 0 Å². The van der Waals surface area contributed by atoms with Crippen LogP contribution in [0.25, 0.3) is 11.1 Å². The fourth-order valence-electron chi connectivity index (χ4n) is 3.09. The van der Waals surface area contributed by atoms with E-state index < -0.39 is 12.0 Å². The maximum absolute atomic E-state index is 12.2. The fraction of sp³-hybridized carbons (Fsp3) is 0.400. The lowest BCUT2D eigenvalue weighted by Gasteiger charge is -2.10. The lowest BCUT2D eigenvalue weighted by Crippen LogP contribution is -2.35. The number of carbonyl (C=O) groups is 3. The third-order valence-electron chi connectivity index (χ3n) is 4.78. The molecule has 1 atom stereocenters. The molecular weight excluding hydrogens is 438 g/mol. The number of anilines is 1. The van der Waals surface area contributed by atoms with Crippen molar-refractivity contribution < 1.29 is 19.1 Å². The smallest absolute Gasteiger partial charge is 0.323 e. The summed E-state index contributed by atoms with van der Waals surface area (Å²) >= 11 is 1.31. The van der Waals surface area contributed by atoms with Crippen molar-refractivity contribution in [1.82, 2.24) is 5.32 Å². The molecule has 33 heavy (non-hydrogen) atoms. The van der Waals surface area contributed by atoms with Gasteiger partial charge in [-0.1, -0.05) is 48.9 Å². The van der Waals surface area contributed by atoms with E-state index in [2.05, 4.69) is 10.6 Å². The zero-order valence-electron chi connectivity index (χ0n) is 19.0. The highest BCUT2D eigenvalue weighted by atomic mass is 32.2. The van der Waals surface area contributed by atoms with Crippen LogP contribution in [0.15, 0.2) is 54.6 Å².